The normalized spacial score (nSPS) is 11.1. The fraction of sp³-hybridized carbons (Fsp3) is 0.0909. The number of benzene rings is 1. The third-order valence-electron chi connectivity index (χ3n) is 2.28. The maximum absolute atomic E-state index is 13.0. The molecule has 1 heterocycles. The second-order valence-electron chi connectivity index (χ2n) is 3.65. The van der Waals surface area contributed by atoms with Gasteiger partial charge >= 0.3 is 0 Å². The maximum atomic E-state index is 13.0. The van der Waals surface area contributed by atoms with E-state index in [1.165, 1.54) is 19.2 Å². The van der Waals surface area contributed by atoms with Gasteiger partial charge in [0.2, 0.25) is 4.77 Å². The Labute approximate surface area is 111 Å². The van der Waals surface area contributed by atoms with Crippen LogP contribution in [0.15, 0.2) is 28.1 Å². The van der Waals surface area contributed by atoms with E-state index in [0.29, 0.717) is 5.56 Å². The summed E-state index contributed by atoms with van der Waals surface area (Å²) in [4.78, 5) is 11.7. The minimum absolute atomic E-state index is 0.00873. The SMILES string of the molecule is Cc1n[nH]c(=S)n(/N=C\c2ccc(F)c(F)c2)c1=O. The number of halogens is 2. The number of aromatic nitrogens is 3. The van der Waals surface area contributed by atoms with Gasteiger partial charge in [0.1, 0.15) is 5.69 Å². The van der Waals surface area contributed by atoms with Crippen LogP contribution in [0.1, 0.15) is 11.3 Å². The molecule has 0 aliphatic rings. The summed E-state index contributed by atoms with van der Waals surface area (Å²) >= 11 is 4.86. The van der Waals surface area contributed by atoms with Crippen LogP contribution in [0.2, 0.25) is 0 Å². The van der Waals surface area contributed by atoms with Gasteiger partial charge in [0.15, 0.2) is 11.6 Å². The van der Waals surface area contributed by atoms with E-state index < -0.39 is 17.2 Å². The third kappa shape index (κ3) is 2.79. The Kier molecular flexibility index (Phi) is 3.61. The first-order valence-electron chi connectivity index (χ1n) is 5.17. The number of nitrogens with one attached hydrogen (secondary N) is 1. The molecular formula is C11H8F2N4OS. The molecule has 1 aromatic carbocycles. The second kappa shape index (κ2) is 5.19. The van der Waals surface area contributed by atoms with Gasteiger partial charge in [-0.05, 0) is 36.8 Å². The van der Waals surface area contributed by atoms with Crippen LogP contribution in [-0.4, -0.2) is 21.1 Å². The van der Waals surface area contributed by atoms with E-state index in [1.54, 1.807) is 0 Å². The van der Waals surface area contributed by atoms with Crippen molar-refractivity contribution in [2.24, 2.45) is 5.10 Å². The van der Waals surface area contributed by atoms with Crippen LogP contribution in [0.3, 0.4) is 0 Å². The molecule has 0 amide bonds. The Morgan fingerprint density at radius 1 is 1.42 bits per heavy atom. The molecule has 19 heavy (non-hydrogen) atoms. The average Bonchev–Trinajstić information content (AvgIpc) is 2.38. The average molecular weight is 282 g/mol. The van der Waals surface area contributed by atoms with Gasteiger partial charge in [0, 0.05) is 0 Å². The highest BCUT2D eigenvalue weighted by Crippen LogP contribution is 2.06. The molecule has 1 aromatic heterocycles. The largest absolute Gasteiger partial charge is 0.296 e. The predicted molar refractivity (Wildman–Crippen MR) is 67.8 cm³/mol. The van der Waals surface area contributed by atoms with Crippen molar-refractivity contribution in [3.8, 4) is 0 Å². The summed E-state index contributed by atoms with van der Waals surface area (Å²) in [6.07, 6.45) is 1.20. The smallest absolute Gasteiger partial charge is 0.265 e. The van der Waals surface area contributed by atoms with Gasteiger partial charge in [-0.2, -0.15) is 14.9 Å². The van der Waals surface area contributed by atoms with Crippen molar-refractivity contribution in [1.29, 1.82) is 0 Å². The molecule has 0 aliphatic carbocycles. The summed E-state index contributed by atoms with van der Waals surface area (Å²) in [6, 6.07) is 3.26. The molecule has 0 radical (unpaired) electrons. The highest BCUT2D eigenvalue weighted by atomic mass is 32.1. The Morgan fingerprint density at radius 2 is 2.16 bits per heavy atom. The number of H-pyrrole nitrogens is 1. The molecule has 0 atom stereocenters. The van der Waals surface area contributed by atoms with Crippen LogP contribution in [0.5, 0.6) is 0 Å². The number of aromatic amines is 1. The van der Waals surface area contributed by atoms with Crippen molar-refractivity contribution in [1.82, 2.24) is 14.9 Å². The topological polar surface area (TPSA) is 63.0 Å². The molecule has 2 rings (SSSR count). The van der Waals surface area contributed by atoms with Gasteiger partial charge in [-0.15, -0.1) is 0 Å². The van der Waals surface area contributed by atoms with Crippen LogP contribution in [0.25, 0.3) is 0 Å². The van der Waals surface area contributed by atoms with E-state index in [-0.39, 0.29) is 10.5 Å². The molecule has 0 unspecified atom stereocenters. The lowest BCUT2D eigenvalue weighted by atomic mass is 10.2. The maximum Gasteiger partial charge on any atom is 0.296 e. The molecule has 5 nitrogen and oxygen atoms in total. The standard InChI is InChI=1S/C11H8F2N4OS/c1-6-10(18)17(11(19)16-15-6)14-5-7-2-3-8(12)9(13)4-7/h2-5H,1H3,(H,16,19)/b14-5-. The zero-order chi connectivity index (χ0) is 14.0. The fourth-order valence-corrected chi connectivity index (χ4v) is 1.47. The van der Waals surface area contributed by atoms with E-state index >= 15 is 0 Å². The molecule has 0 fully saturated rings. The van der Waals surface area contributed by atoms with Crippen LogP contribution in [-0.2, 0) is 0 Å². The number of nitrogens with zero attached hydrogens (tertiary/aromatic N) is 3. The molecule has 0 saturated heterocycles. The lowest BCUT2D eigenvalue weighted by Crippen LogP contribution is -2.22. The summed E-state index contributed by atoms with van der Waals surface area (Å²) in [7, 11) is 0. The Hall–Kier alpha value is -2.22. The van der Waals surface area contributed by atoms with E-state index in [9.17, 15) is 13.6 Å². The second-order valence-corrected chi connectivity index (χ2v) is 4.04. The molecular weight excluding hydrogens is 274 g/mol. The van der Waals surface area contributed by atoms with Crippen molar-refractivity contribution in [2.75, 3.05) is 0 Å². The van der Waals surface area contributed by atoms with E-state index in [2.05, 4.69) is 15.3 Å². The molecule has 0 aliphatic heterocycles. The Balaban J connectivity index is 2.43. The van der Waals surface area contributed by atoms with Crippen molar-refractivity contribution >= 4 is 18.4 Å². The van der Waals surface area contributed by atoms with Gasteiger partial charge in [0.25, 0.3) is 5.56 Å². The first kappa shape index (κ1) is 13.2. The van der Waals surface area contributed by atoms with Crippen molar-refractivity contribution in [3.63, 3.8) is 0 Å². The first-order chi connectivity index (χ1) is 8.99. The minimum Gasteiger partial charge on any atom is -0.265 e. The van der Waals surface area contributed by atoms with Gasteiger partial charge in [-0.1, -0.05) is 6.07 Å². The zero-order valence-corrected chi connectivity index (χ0v) is 10.5. The number of hydrogen-bond acceptors (Lipinski definition) is 4. The summed E-state index contributed by atoms with van der Waals surface area (Å²) in [5.74, 6) is -1.95. The highest BCUT2D eigenvalue weighted by Gasteiger charge is 2.03. The summed E-state index contributed by atoms with van der Waals surface area (Å²) in [6.45, 7) is 1.50. The molecule has 0 spiro atoms. The molecule has 0 saturated carbocycles. The lowest BCUT2D eigenvalue weighted by molar-refractivity contribution is 0.508. The summed E-state index contributed by atoms with van der Waals surface area (Å²) < 4.78 is 26.6. The minimum atomic E-state index is -0.993. The number of rotatable bonds is 2. The molecule has 2 aromatic rings. The van der Waals surface area contributed by atoms with E-state index in [0.717, 1.165) is 16.8 Å². The van der Waals surface area contributed by atoms with Gasteiger partial charge in [0.05, 0.1) is 6.21 Å². The third-order valence-corrected chi connectivity index (χ3v) is 2.54. The molecule has 98 valence electrons. The van der Waals surface area contributed by atoms with Crippen molar-refractivity contribution in [3.05, 3.63) is 56.2 Å². The summed E-state index contributed by atoms with van der Waals surface area (Å²) in [5.41, 5.74) is 0.00767. The van der Waals surface area contributed by atoms with E-state index in [1.807, 2.05) is 0 Å². The van der Waals surface area contributed by atoms with Crippen molar-refractivity contribution in [2.45, 2.75) is 6.92 Å². The van der Waals surface area contributed by atoms with Crippen LogP contribution < -0.4 is 5.56 Å². The first-order valence-corrected chi connectivity index (χ1v) is 5.57. The predicted octanol–water partition coefficient (Wildman–Crippen LogP) is 1.77. The zero-order valence-electron chi connectivity index (χ0n) is 9.72. The number of hydrogen-bond donors (Lipinski definition) is 1. The highest BCUT2D eigenvalue weighted by molar-refractivity contribution is 7.71. The molecule has 8 heteroatoms. The van der Waals surface area contributed by atoms with Crippen LogP contribution in [0.4, 0.5) is 8.78 Å². The quantitative estimate of drug-likeness (QED) is 0.674. The van der Waals surface area contributed by atoms with Gasteiger partial charge < -0.3 is 0 Å². The Morgan fingerprint density at radius 3 is 2.84 bits per heavy atom. The monoisotopic (exact) mass is 282 g/mol. The van der Waals surface area contributed by atoms with Crippen molar-refractivity contribution < 1.29 is 8.78 Å². The molecule has 1 N–H and O–H groups in total. The van der Waals surface area contributed by atoms with E-state index in [4.69, 9.17) is 12.2 Å². The van der Waals surface area contributed by atoms with Crippen LogP contribution in [0, 0.1) is 23.3 Å². The van der Waals surface area contributed by atoms with Gasteiger partial charge in [-0.25, -0.2) is 8.78 Å². The fourth-order valence-electron chi connectivity index (χ4n) is 1.29. The molecule has 0 bridgehead atoms. The van der Waals surface area contributed by atoms with Gasteiger partial charge in [-0.3, -0.25) is 9.89 Å². The number of aryl methyl sites for hydroxylation is 1. The summed E-state index contributed by atoms with van der Waals surface area (Å²) in [5, 5.41) is 9.94. The lowest BCUT2D eigenvalue weighted by Gasteiger charge is -1.99. The van der Waals surface area contributed by atoms with Crippen LogP contribution >= 0.6 is 12.2 Å². The Bertz CT molecular complexity index is 766.